The molecule has 2 rings (SSSR count). The van der Waals surface area contributed by atoms with Gasteiger partial charge in [-0.05, 0) is 29.8 Å². The van der Waals surface area contributed by atoms with Gasteiger partial charge in [-0.15, -0.1) is 0 Å². The normalized spacial score (nSPS) is 10.0. The Morgan fingerprint density at radius 3 is 2.43 bits per heavy atom. The summed E-state index contributed by atoms with van der Waals surface area (Å²) < 4.78 is 9.99. The number of nitrogens with one attached hydrogen (secondary N) is 1. The summed E-state index contributed by atoms with van der Waals surface area (Å²) in [5, 5.41) is 3.00. The highest BCUT2D eigenvalue weighted by atomic mass is 35.5. The first-order valence-electron chi connectivity index (χ1n) is 6.91. The van der Waals surface area contributed by atoms with Crippen molar-refractivity contribution in [3.05, 3.63) is 59.1 Å². The summed E-state index contributed by atoms with van der Waals surface area (Å²) in [5.74, 6) is -0.216. The Morgan fingerprint density at radius 1 is 1.09 bits per heavy atom. The number of anilines is 1. The third-order valence-corrected chi connectivity index (χ3v) is 3.35. The van der Waals surface area contributed by atoms with Crippen LogP contribution in [0.1, 0.15) is 5.56 Å². The minimum atomic E-state index is -0.482. The first kappa shape index (κ1) is 16.8. The van der Waals surface area contributed by atoms with E-state index in [9.17, 15) is 9.59 Å². The number of methoxy groups -OCH3 is 1. The quantitative estimate of drug-likeness (QED) is 0.825. The number of halogens is 1. The molecule has 0 fully saturated rings. The summed E-state index contributed by atoms with van der Waals surface area (Å²) >= 11 is 5.93. The zero-order valence-electron chi connectivity index (χ0n) is 12.5. The fourth-order valence-corrected chi connectivity index (χ4v) is 2.04. The molecule has 5 nitrogen and oxygen atoms in total. The molecule has 0 saturated heterocycles. The monoisotopic (exact) mass is 333 g/mol. The van der Waals surface area contributed by atoms with Crippen molar-refractivity contribution in [2.75, 3.05) is 19.0 Å². The van der Waals surface area contributed by atoms with E-state index in [2.05, 4.69) is 5.32 Å². The third kappa shape index (κ3) is 5.30. The largest absolute Gasteiger partial charge is 0.497 e. The van der Waals surface area contributed by atoms with Gasteiger partial charge in [-0.2, -0.15) is 0 Å². The number of ether oxygens (including phenoxy) is 2. The molecule has 0 saturated carbocycles. The molecule has 1 amide bonds. The van der Waals surface area contributed by atoms with E-state index >= 15 is 0 Å². The molecular weight excluding hydrogens is 318 g/mol. The Labute approximate surface area is 139 Å². The Hall–Kier alpha value is -2.53. The first-order valence-corrected chi connectivity index (χ1v) is 7.29. The van der Waals surface area contributed by atoms with Crippen LogP contribution in [0.3, 0.4) is 0 Å². The van der Waals surface area contributed by atoms with Gasteiger partial charge in [0.25, 0.3) is 5.91 Å². The number of rotatable bonds is 6. The van der Waals surface area contributed by atoms with Gasteiger partial charge in [0.15, 0.2) is 6.61 Å². The smallest absolute Gasteiger partial charge is 0.310 e. The molecule has 0 aliphatic heterocycles. The summed E-state index contributed by atoms with van der Waals surface area (Å²) in [6.07, 6.45) is 0.0867. The third-order valence-electron chi connectivity index (χ3n) is 3.02. The molecule has 0 bridgehead atoms. The van der Waals surface area contributed by atoms with Gasteiger partial charge in [0, 0.05) is 0 Å². The molecule has 0 spiro atoms. The first-order chi connectivity index (χ1) is 11.1. The number of esters is 1. The van der Waals surface area contributed by atoms with Crippen LogP contribution < -0.4 is 10.1 Å². The minimum absolute atomic E-state index is 0.0867. The fourth-order valence-electron chi connectivity index (χ4n) is 1.86. The molecule has 0 heterocycles. The summed E-state index contributed by atoms with van der Waals surface area (Å²) in [5.41, 5.74) is 1.26. The van der Waals surface area contributed by atoms with Crippen molar-refractivity contribution < 1.29 is 19.1 Å². The molecule has 0 aliphatic rings. The predicted octanol–water partition coefficient (Wildman–Crippen LogP) is 3.07. The standard InChI is InChI=1S/C17H16ClNO4/c1-22-13-8-6-12(7-9-13)10-17(21)23-11-16(20)19-15-5-3-2-4-14(15)18/h2-9H,10-11H2,1H3,(H,19,20). The van der Waals surface area contributed by atoms with Crippen LogP contribution in [0.4, 0.5) is 5.69 Å². The van der Waals surface area contributed by atoms with E-state index in [0.717, 1.165) is 5.56 Å². The predicted molar refractivity (Wildman–Crippen MR) is 87.7 cm³/mol. The van der Waals surface area contributed by atoms with E-state index in [1.807, 2.05) is 0 Å². The lowest BCUT2D eigenvalue weighted by molar-refractivity contribution is -0.146. The second-order valence-electron chi connectivity index (χ2n) is 4.71. The molecule has 0 aliphatic carbocycles. The van der Waals surface area contributed by atoms with Crippen molar-refractivity contribution in [2.45, 2.75) is 6.42 Å². The van der Waals surface area contributed by atoms with Gasteiger partial charge in [0.1, 0.15) is 5.75 Å². The van der Waals surface area contributed by atoms with Crippen molar-refractivity contribution in [3.8, 4) is 5.75 Å². The molecule has 0 unspecified atom stereocenters. The number of benzene rings is 2. The molecule has 6 heteroatoms. The maximum absolute atomic E-state index is 11.7. The lowest BCUT2D eigenvalue weighted by atomic mass is 10.1. The second kappa shape index (κ2) is 8.19. The highest BCUT2D eigenvalue weighted by Crippen LogP contribution is 2.20. The number of amides is 1. The zero-order chi connectivity index (χ0) is 16.7. The SMILES string of the molecule is COc1ccc(CC(=O)OCC(=O)Nc2ccccc2Cl)cc1. The van der Waals surface area contributed by atoms with E-state index in [-0.39, 0.29) is 13.0 Å². The topological polar surface area (TPSA) is 64.6 Å². The fraction of sp³-hybridized carbons (Fsp3) is 0.176. The molecule has 120 valence electrons. The molecular formula is C17H16ClNO4. The molecule has 2 aromatic carbocycles. The van der Waals surface area contributed by atoms with Crippen LogP contribution in [-0.2, 0) is 20.7 Å². The number of para-hydroxylation sites is 1. The van der Waals surface area contributed by atoms with E-state index in [0.29, 0.717) is 16.5 Å². The van der Waals surface area contributed by atoms with Crippen LogP contribution >= 0.6 is 11.6 Å². The number of carbonyl (C=O) groups excluding carboxylic acids is 2. The van der Waals surface area contributed by atoms with Crippen LogP contribution in [0.5, 0.6) is 5.75 Å². The Kier molecular flexibility index (Phi) is 6.00. The van der Waals surface area contributed by atoms with Gasteiger partial charge in [0.2, 0.25) is 0 Å². The Balaban J connectivity index is 1.79. The maximum atomic E-state index is 11.7. The van der Waals surface area contributed by atoms with Gasteiger partial charge in [-0.1, -0.05) is 35.9 Å². The number of carbonyl (C=O) groups is 2. The minimum Gasteiger partial charge on any atom is -0.497 e. The van der Waals surface area contributed by atoms with Crippen molar-refractivity contribution in [1.82, 2.24) is 0 Å². The summed E-state index contributed by atoms with van der Waals surface area (Å²) in [4.78, 5) is 23.5. The number of hydrogen-bond donors (Lipinski definition) is 1. The summed E-state index contributed by atoms with van der Waals surface area (Å²) in [7, 11) is 1.57. The van der Waals surface area contributed by atoms with Crippen LogP contribution in [0.2, 0.25) is 5.02 Å². The van der Waals surface area contributed by atoms with Crippen molar-refractivity contribution in [1.29, 1.82) is 0 Å². The lowest BCUT2D eigenvalue weighted by Gasteiger charge is -2.08. The van der Waals surface area contributed by atoms with Crippen molar-refractivity contribution >= 4 is 29.2 Å². The van der Waals surface area contributed by atoms with Gasteiger partial charge in [-0.25, -0.2) is 0 Å². The summed E-state index contributed by atoms with van der Waals surface area (Å²) in [6.45, 7) is -0.361. The van der Waals surface area contributed by atoms with Gasteiger partial charge < -0.3 is 14.8 Å². The second-order valence-corrected chi connectivity index (χ2v) is 5.12. The molecule has 0 aromatic heterocycles. The van der Waals surface area contributed by atoms with Crippen molar-refractivity contribution in [3.63, 3.8) is 0 Å². The Morgan fingerprint density at radius 2 is 1.78 bits per heavy atom. The van der Waals surface area contributed by atoms with Crippen molar-refractivity contribution in [2.24, 2.45) is 0 Å². The van der Waals surface area contributed by atoms with E-state index < -0.39 is 11.9 Å². The van der Waals surface area contributed by atoms with Crippen LogP contribution in [0.15, 0.2) is 48.5 Å². The van der Waals surface area contributed by atoms with E-state index in [1.165, 1.54) is 0 Å². The Bertz CT molecular complexity index is 685. The molecule has 23 heavy (non-hydrogen) atoms. The molecule has 0 atom stereocenters. The van der Waals surface area contributed by atoms with Gasteiger partial charge in [0.05, 0.1) is 24.2 Å². The maximum Gasteiger partial charge on any atom is 0.310 e. The van der Waals surface area contributed by atoms with E-state index in [4.69, 9.17) is 21.1 Å². The van der Waals surface area contributed by atoms with E-state index in [1.54, 1.807) is 55.6 Å². The number of hydrogen-bond acceptors (Lipinski definition) is 4. The highest BCUT2D eigenvalue weighted by Gasteiger charge is 2.10. The van der Waals surface area contributed by atoms with Crippen LogP contribution in [0, 0.1) is 0 Å². The van der Waals surface area contributed by atoms with Gasteiger partial charge >= 0.3 is 5.97 Å². The van der Waals surface area contributed by atoms with Crippen LogP contribution in [-0.4, -0.2) is 25.6 Å². The molecule has 2 aromatic rings. The zero-order valence-corrected chi connectivity index (χ0v) is 13.3. The molecule has 0 radical (unpaired) electrons. The average Bonchev–Trinajstić information content (AvgIpc) is 2.56. The average molecular weight is 334 g/mol. The molecule has 1 N–H and O–H groups in total. The lowest BCUT2D eigenvalue weighted by Crippen LogP contribution is -2.21. The highest BCUT2D eigenvalue weighted by molar-refractivity contribution is 6.33. The van der Waals surface area contributed by atoms with Crippen LogP contribution in [0.25, 0.3) is 0 Å². The van der Waals surface area contributed by atoms with Gasteiger partial charge in [-0.3, -0.25) is 9.59 Å². The summed E-state index contributed by atoms with van der Waals surface area (Å²) in [6, 6.07) is 13.9.